The van der Waals surface area contributed by atoms with Crippen molar-refractivity contribution in [1.29, 1.82) is 0 Å². The molecule has 0 aromatic carbocycles. The first-order valence-corrected chi connectivity index (χ1v) is 4.82. The van der Waals surface area contributed by atoms with E-state index in [0.29, 0.717) is 6.04 Å². The van der Waals surface area contributed by atoms with Gasteiger partial charge in [-0.15, -0.1) is 0 Å². The average Bonchev–Trinajstić information content (AvgIpc) is 2.25. The number of carbonyl (C=O) groups excluding carboxylic acids is 1. The molecule has 4 heteroatoms. The predicted octanol–water partition coefficient (Wildman–Crippen LogP) is 0.352. The van der Waals surface area contributed by atoms with Gasteiger partial charge in [-0.25, -0.2) is 4.79 Å². The highest BCUT2D eigenvalue weighted by molar-refractivity contribution is 5.74. The number of nitrogens with one attached hydrogen (secondary N) is 1. The van der Waals surface area contributed by atoms with Crippen LogP contribution >= 0.6 is 0 Å². The van der Waals surface area contributed by atoms with Crippen LogP contribution in [0.15, 0.2) is 0 Å². The maximum absolute atomic E-state index is 11.4. The van der Waals surface area contributed by atoms with Crippen LogP contribution in [0.1, 0.15) is 13.3 Å². The summed E-state index contributed by atoms with van der Waals surface area (Å²) in [5.41, 5.74) is 0. The van der Waals surface area contributed by atoms with Crippen molar-refractivity contribution < 1.29 is 4.79 Å². The summed E-state index contributed by atoms with van der Waals surface area (Å²) in [6.07, 6.45) is 1.06. The molecule has 0 saturated carbocycles. The number of hydrogen-bond donors (Lipinski definition) is 1. The van der Waals surface area contributed by atoms with Gasteiger partial charge in [0.25, 0.3) is 0 Å². The minimum atomic E-state index is 0.0443. The van der Waals surface area contributed by atoms with Crippen LogP contribution in [0, 0.1) is 0 Å². The second kappa shape index (κ2) is 4.46. The minimum Gasteiger partial charge on any atom is -0.341 e. The fourth-order valence-corrected chi connectivity index (χ4v) is 1.82. The molecule has 1 atom stereocenters. The molecule has 1 aliphatic heterocycles. The number of rotatable bonds is 0. The van der Waals surface area contributed by atoms with E-state index in [9.17, 15) is 4.79 Å². The maximum Gasteiger partial charge on any atom is 0.317 e. The zero-order chi connectivity index (χ0) is 9.84. The van der Waals surface area contributed by atoms with E-state index in [0.717, 1.165) is 26.1 Å². The summed E-state index contributed by atoms with van der Waals surface area (Å²) in [5.74, 6) is 0. The Kier molecular flexibility index (Phi) is 3.54. The number of hydrogen-bond acceptors (Lipinski definition) is 2. The first kappa shape index (κ1) is 10.3. The zero-order valence-electron chi connectivity index (χ0n) is 8.71. The normalized spacial score (nSPS) is 25.5. The van der Waals surface area contributed by atoms with Crippen LogP contribution in [0.2, 0.25) is 0 Å². The smallest absolute Gasteiger partial charge is 0.317 e. The fourth-order valence-electron chi connectivity index (χ4n) is 1.82. The number of urea groups is 1. The summed E-state index contributed by atoms with van der Waals surface area (Å²) in [7, 11) is 3.79. The molecule has 0 aromatic heterocycles. The van der Waals surface area contributed by atoms with Crippen molar-refractivity contribution in [2.24, 2.45) is 0 Å². The highest BCUT2D eigenvalue weighted by Gasteiger charge is 2.22. The highest BCUT2D eigenvalue weighted by Crippen LogP contribution is 2.07. The Morgan fingerprint density at radius 1 is 1.46 bits per heavy atom. The van der Waals surface area contributed by atoms with E-state index < -0.39 is 0 Å². The van der Waals surface area contributed by atoms with Gasteiger partial charge in [0.15, 0.2) is 0 Å². The lowest BCUT2D eigenvalue weighted by molar-refractivity contribution is 0.179. The highest BCUT2D eigenvalue weighted by atomic mass is 16.2. The van der Waals surface area contributed by atoms with E-state index in [1.807, 2.05) is 4.90 Å². The predicted molar refractivity (Wildman–Crippen MR) is 52.7 cm³/mol. The summed E-state index contributed by atoms with van der Waals surface area (Å²) < 4.78 is 0. The largest absolute Gasteiger partial charge is 0.341 e. The summed E-state index contributed by atoms with van der Waals surface area (Å²) in [6, 6.07) is 0.357. The molecule has 0 bridgehead atoms. The van der Waals surface area contributed by atoms with Crippen LogP contribution in [0.4, 0.5) is 4.79 Å². The monoisotopic (exact) mass is 185 g/mol. The van der Waals surface area contributed by atoms with Gasteiger partial charge in [0.05, 0.1) is 0 Å². The minimum absolute atomic E-state index is 0.0443. The molecule has 0 aromatic rings. The van der Waals surface area contributed by atoms with Gasteiger partial charge in [-0.2, -0.15) is 0 Å². The molecule has 13 heavy (non-hydrogen) atoms. The lowest BCUT2D eigenvalue weighted by Crippen LogP contribution is -2.46. The fraction of sp³-hybridized carbons (Fsp3) is 0.889. The van der Waals surface area contributed by atoms with Gasteiger partial charge in [-0.1, -0.05) is 0 Å². The van der Waals surface area contributed by atoms with Crippen LogP contribution < -0.4 is 5.32 Å². The Balaban J connectivity index is 2.57. The molecule has 1 rings (SSSR count). The summed E-state index contributed by atoms with van der Waals surface area (Å²) >= 11 is 0. The first-order chi connectivity index (χ1) is 6.15. The molecule has 2 amide bonds. The number of carbonyl (C=O) groups is 1. The molecular formula is C9H19N3O. The van der Waals surface area contributed by atoms with Crippen LogP contribution in [-0.2, 0) is 0 Å². The standard InChI is InChI=1S/C9H19N3O/c1-8-7-11(3)5-4-6-12(8)9(13)10-2/h8H,4-7H2,1-3H3,(H,10,13). The average molecular weight is 185 g/mol. The van der Waals surface area contributed by atoms with E-state index in [1.165, 1.54) is 0 Å². The van der Waals surface area contributed by atoms with Gasteiger partial charge in [-0.05, 0) is 26.9 Å². The molecule has 1 aliphatic rings. The number of likely N-dealkylation sites (N-methyl/N-ethyl adjacent to an activating group) is 1. The Labute approximate surface area is 79.9 Å². The third-order valence-electron chi connectivity index (χ3n) is 2.52. The van der Waals surface area contributed by atoms with Gasteiger partial charge in [0.1, 0.15) is 0 Å². The van der Waals surface area contributed by atoms with Crippen molar-refractivity contribution in [1.82, 2.24) is 15.1 Å². The van der Waals surface area contributed by atoms with E-state index >= 15 is 0 Å². The summed E-state index contributed by atoms with van der Waals surface area (Å²) in [4.78, 5) is 15.6. The second-order valence-electron chi connectivity index (χ2n) is 3.71. The third-order valence-corrected chi connectivity index (χ3v) is 2.52. The quantitative estimate of drug-likeness (QED) is 0.591. The van der Waals surface area contributed by atoms with Gasteiger partial charge in [0, 0.05) is 26.2 Å². The van der Waals surface area contributed by atoms with Crippen LogP contribution in [0.25, 0.3) is 0 Å². The van der Waals surface area contributed by atoms with Crippen LogP contribution in [0.3, 0.4) is 0 Å². The lowest BCUT2D eigenvalue weighted by atomic mass is 10.3. The van der Waals surface area contributed by atoms with Crippen molar-refractivity contribution in [3.63, 3.8) is 0 Å². The maximum atomic E-state index is 11.4. The van der Waals surface area contributed by atoms with Gasteiger partial charge < -0.3 is 15.1 Å². The lowest BCUT2D eigenvalue weighted by Gasteiger charge is -2.27. The van der Waals surface area contributed by atoms with Crippen LogP contribution in [-0.4, -0.2) is 55.6 Å². The van der Waals surface area contributed by atoms with Gasteiger partial charge >= 0.3 is 6.03 Å². The van der Waals surface area contributed by atoms with Crippen molar-refractivity contribution in [3.05, 3.63) is 0 Å². The molecule has 1 heterocycles. The molecule has 0 spiro atoms. The van der Waals surface area contributed by atoms with E-state index in [-0.39, 0.29) is 6.03 Å². The van der Waals surface area contributed by atoms with Gasteiger partial charge in [0.2, 0.25) is 0 Å². The van der Waals surface area contributed by atoms with E-state index in [2.05, 4.69) is 24.2 Å². The molecule has 0 aliphatic carbocycles. The summed E-state index contributed by atoms with van der Waals surface area (Å²) in [6.45, 7) is 5.01. The Morgan fingerprint density at radius 2 is 2.15 bits per heavy atom. The van der Waals surface area contributed by atoms with E-state index in [1.54, 1.807) is 7.05 Å². The first-order valence-electron chi connectivity index (χ1n) is 4.82. The molecule has 76 valence electrons. The molecule has 0 radical (unpaired) electrons. The van der Waals surface area contributed by atoms with Crippen molar-refractivity contribution >= 4 is 6.03 Å². The molecule has 4 nitrogen and oxygen atoms in total. The molecule has 1 fully saturated rings. The molecule has 1 unspecified atom stereocenters. The molecule has 1 saturated heterocycles. The topological polar surface area (TPSA) is 35.6 Å². The third kappa shape index (κ3) is 2.59. The SMILES string of the molecule is CNC(=O)N1CCCN(C)CC1C. The number of amides is 2. The Hall–Kier alpha value is -0.770. The van der Waals surface area contributed by atoms with Gasteiger partial charge in [-0.3, -0.25) is 0 Å². The Morgan fingerprint density at radius 3 is 2.77 bits per heavy atom. The molecule has 1 N–H and O–H groups in total. The number of nitrogens with zero attached hydrogens (tertiary/aromatic N) is 2. The van der Waals surface area contributed by atoms with Crippen molar-refractivity contribution in [2.45, 2.75) is 19.4 Å². The van der Waals surface area contributed by atoms with E-state index in [4.69, 9.17) is 0 Å². The zero-order valence-corrected chi connectivity index (χ0v) is 8.71. The Bertz CT molecular complexity index is 184. The molecular weight excluding hydrogens is 166 g/mol. The van der Waals surface area contributed by atoms with Crippen LogP contribution in [0.5, 0.6) is 0 Å². The van der Waals surface area contributed by atoms with Crippen molar-refractivity contribution in [3.8, 4) is 0 Å². The second-order valence-corrected chi connectivity index (χ2v) is 3.71. The summed E-state index contributed by atoms with van der Waals surface area (Å²) in [5, 5.41) is 2.68. The van der Waals surface area contributed by atoms with Crippen molar-refractivity contribution in [2.75, 3.05) is 33.7 Å².